The third-order valence-electron chi connectivity index (χ3n) is 2.61. The Labute approximate surface area is 102 Å². The van der Waals surface area contributed by atoms with Crippen LogP contribution in [0, 0.1) is 17.2 Å². The van der Waals surface area contributed by atoms with Crippen LogP contribution in [0.1, 0.15) is 11.1 Å². The Bertz CT molecular complexity index is 475. The summed E-state index contributed by atoms with van der Waals surface area (Å²) in [5.74, 6) is 0.546. The summed E-state index contributed by atoms with van der Waals surface area (Å²) in [5.41, 5.74) is -1.37. The number of ether oxygens (including phenoxy) is 2. The second-order valence-electron chi connectivity index (χ2n) is 4.03. The van der Waals surface area contributed by atoms with Crippen LogP contribution in [0.5, 0.6) is 5.75 Å². The quantitative estimate of drug-likeness (QED) is 0.835. The van der Waals surface area contributed by atoms with Gasteiger partial charge in [-0.05, 0) is 18.2 Å². The number of nitrogens with zero attached hydrogens (tertiary/aromatic N) is 1. The van der Waals surface area contributed by atoms with E-state index in [0.29, 0.717) is 19.8 Å². The van der Waals surface area contributed by atoms with E-state index in [1.165, 1.54) is 12.1 Å². The van der Waals surface area contributed by atoms with Crippen LogP contribution in [0.4, 0.5) is 13.2 Å². The number of nitriles is 1. The van der Waals surface area contributed by atoms with Crippen molar-refractivity contribution in [2.45, 2.75) is 6.18 Å². The number of alkyl halides is 3. The van der Waals surface area contributed by atoms with Gasteiger partial charge in [-0.2, -0.15) is 18.4 Å². The van der Waals surface area contributed by atoms with E-state index in [4.69, 9.17) is 14.7 Å². The topological polar surface area (TPSA) is 42.2 Å². The molecule has 1 saturated heterocycles. The third-order valence-corrected chi connectivity index (χ3v) is 2.61. The third kappa shape index (κ3) is 2.74. The lowest BCUT2D eigenvalue weighted by atomic mass is 10.1. The minimum atomic E-state index is -4.52. The van der Waals surface area contributed by atoms with Gasteiger partial charge in [0.15, 0.2) is 0 Å². The van der Waals surface area contributed by atoms with Crippen LogP contribution in [-0.4, -0.2) is 19.8 Å². The molecule has 0 unspecified atom stereocenters. The van der Waals surface area contributed by atoms with E-state index in [-0.39, 0.29) is 11.7 Å². The molecule has 2 rings (SSSR count). The van der Waals surface area contributed by atoms with Crippen LogP contribution < -0.4 is 4.74 Å². The zero-order chi connectivity index (χ0) is 13.2. The molecule has 0 atom stereocenters. The SMILES string of the molecule is N#Cc1cc(OCC2COC2)ccc1C(F)(F)F. The summed E-state index contributed by atoms with van der Waals surface area (Å²) in [6, 6.07) is 4.74. The monoisotopic (exact) mass is 257 g/mol. The summed E-state index contributed by atoms with van der Waals surface area (Å²) in [5, 5.41) is 8.72. The highest BCUT2D eigenvalue weighted by molar-refractivity contribution is 5.44. The van der Waals surface area contributed by atoms with Gasteiger partial charge in [-0.25, -0.2) is 0 Å². The van der Waals surface area contributed by atoms with Gasteiger partial charge < -0.3 is 9.47 Å². The largest absolute Gasteiger partial charge is 0.493 e. The van der Waals surface area contributed by atoms with E-state index in [2.05, 4.69) is 0 Å². The summed E-state index contributed by atoms with van der Waals surface area (Å²) < 4.78 is 47.9. The Morgan fingerprint density at radius 3 is 2.61 bits per heavy atom. The van der Waals surface area contributed by atoms with Crippen molar-refractivity contribution in [3.8, 4) is 11.8 Å². The molecule has 1 heterocycles. The maximum absolute atomic E-state index is 12.5. The lowest BCUT2D eigenvalue weighted by molar-refractivity contribution is -0.137. The fourth-order valence-corrected chi connectivity index (χ4v) is 1.55. The standard InChI is InChI=1S/C12H10F3NO2/c13-12(14,15)11-2-1-10(3-9(11)4-16)18-7-8-5-17-6-8/h1-3,8H,5-7H2. The van der Waals surface area contributed by atoms with E-state index in [9.17, 15) is 13.2 Å². The highest BCUT2D eigenvalue weighted by Crippen LogP contribution is 2.33. The highest BCUT2D eigenvalue weighted by atomic mass is 19.4. The summed E-state index contributed by atoms with van der Waals surface area (Å²) in [6.45, 7) is 1.59. The van der Waals surface area contributed by atoms with E-state index in [0.717, 1.165) is 12.1 Å². The smallest absolute Gasteiger partial charge is 0.417 e. The van der Waals surface area contributed by atoms with E-state index >= 15 is 0 Å². The van der Waals surface area contributed by atoms with Crippen LogP contribution in [0.3, 0.4) is 0 Å². The summed E-state index contributed by atoms with van der Waals surface area (Å²) >= 11 is 0. The first-order valence-corrected chi connectivity index (χ1v) is 5.32. The molecule has 0 radical (unpaired) electrons. The molecule has 3 nitrogen and oxygen atoms in total. The number of halogens is 3. The number of benzene rings is 1. The number of hydrogen-bond donors (Lipinski definition) is 0. The first kappa shape index (κ1) is 12.7. The van der Waals surface area contributed by atoms with E-state index < -0.39 is 17.3 Å². The van der Waals surface area contributed by atoms with Crippen LogP contribution in [0.25, 0.3) is 0 Å². The molecule has 0 N–H and O–H groups in total. The van der Waals surface area contributed by atoms with Gasteiger partial charge in [0.25, 0.3) is 0 Å². The number of rotatable bonds is 3. The Balaban J connectivity index is 2.11. The molecule has 0 amide bonds. The predicted octanol–water partition coefficient (Wildman–Crippen LogP) is 2.60. The summed E-state index contributed by atoms with van der Waals surface area (Å²) in [4.78, 5) is 0. The van der Waals surface area contributed by atoms with Crippen molar-refractivity contribution >= 4 is 0 Å². The van der Waals surface area contributed by atoms with Crippen molar-refractivity contribution in [3.05, 3.63) is 29.3 Å². The second kappa shape index (κ2) is 4.86. The Kier molecular flexibility index (Phi) is 3.43. The predicted molar refractivity (Wildman–Crippen MR) is 56.0 cm³/mol. The van der Waals surface area contributed by atoms with Gasteiger partial charge in [0, 0.05) is 5.92 Å². The minimum Gasteiger partial charge on any atom is -0.493 e. The molecular weight excluding hydrogens is 247 g/mol. The van der Waals surface area contributed by atoms with Crippen molar-refractivity contribution in [3.63, 3.8) is 0 Å². The molecular formula is C12H10F3NO2. The lowest BCUT2D eigenvalue weighted by Gasteiger charge is -2.25. The molecule has 1 aliphatic rings. The zero-order valence-electron chi connectivity index (χ0n) is 9.33. The average molecular weight is 257 g/mol. The Morgan fingerprint density at radius 1 is 1.39 bits per heavy atom. The first-order chi connectivity index (χ1) is 8.50. The van der Waals surface area contributed by atoms with Gasteiger partial charge in [-0.15, -0.1) is 0 Å². The van der Waals surface area contributed by atoms with Crippen molar-refractivity contribution in [1.29, 1.82) is 5.26 Å². The molecule has 6 heteroatoms. The molecule has 0 aromatic heterocycles. The van der Waals surface area contributed by atoms with Gasteiger partial charge in [0.1, 0.15) is 5.75 Å². The molecule has 96 valence electrons. The van der Waals surface area contributed by atoms with Gasteiger partial charge in [0.05, 0.1) is 37.0 Å². The molecule has 0 bridgehead atoms. The molecule has 18 heavy (non-hydrogen) atoms. The molecule has 1 aromatic carbocycles. The van der Waals surface area contributed by atoms with Crippen LogP contribution in [0.15, 0.2) is 18.2 Å². The minimum absolute atomic E-state index is 0.270. The molecule has 1 fully saturated rings. The van der Waals surface area contributed by atoms with E-state index in [1.807, 2.05) is 0 Å². The highest BCUT2D eigenvalue weighted by Gasteiger charge is 2.33. The maximum atomic E-state index is 12.5. The van der Waals surface area contributed by atoms with Gasteiger partial charge in [0.2, 0.25) is 0 Å². The van der Waals surface area contributed by atoms with Crippen molar-refractivity contribution in [1.82, 2.24) is 0 Å². The van der Waals surface area contributed by atoms with Crippen molar-refractivity contribution < 1.29 is 22.6 Å². The van der Waals surface area contributed by atoms with Gasteiger partial charge in [-0.3, -0.25) is 0 Å². The fraction of sp³-hybridized carbons (Fsp3) is 0.417. The first-order valence-electron chi connectivity index (χ1n) is 5.32. The normalized spacial score (nSPS) is 15.9. The van der Waals surface area contributed by atoms with Crippen molar-refractivity contribution in [2.24, 2.45) is 5.92 Å². The lowest BCUT2D eigenvalue weighted by Crippen LogP contribution is -2.32. The number of hydrogen-bond acceptors (Lipinski definition) is 3. The van der Waals surface area contributed by atoms with E-state index in [1.54, 1.807) is 0 Å². The summed E-state index contributed by atoms with van der Waals surface area (Å²) in [7, 11) is 0. The van der Waals surface area contributed by atoms with Crippen LogP contribution in [0.2, 0.25) is 0 Å². The Hall–Kier alpha value is -1.74. The molecule has 1 aromatic rings. The van der Waals surface area contributed by atoms with Crippen LogP contribution in [-0.2, 0) is 10.9 Å². The molecule has 0 spiro atoms. The molecule has 1 aliphatic heterocycles. The van der Waals surface area contributed by atoms with Gasteiger partial charge in [-0.1, -0.05) is 0 Å². The second-order valence-corrected chi connectivity index (χ2v) is 4.03. The zero-order valence-corrected chi connectivity index (χ0v) is 9.33. The van der Waals surface area contributed by atoms with Gasteiger partial charge >= 0.3 is 6.18 Å². The summed E-state index contributed by atoms with van der Waals surface area (Å²) in [6.07, 6.45) is -4.52. The molecule has 0 saturated carbocycles. The molecule has 0 aliphatic carbocycles. The Morgan fingerprint density at radius 2 is 2.11 bits per heavy atom. The maximum Gasteiger partial charge on any atom is 0.417 e. The van der Waals surface area contributed by atoms with Crippen LogP contribution >= 0.6 is 0 Å². The fourth-order valence-electron chi connectivity index (χ4n) is 1.55. The van der Waals surface area contributed by atoms with Crippen molar-refractivity contribution in [2.75, 3.05) is 19.8 Å². The average Bonchev–Trinajstić information content (AvgIpc) is 2.25.